The third kappa shape index (κ3) is 13.7. The van der Waals surface area contributed by atoms with Crippen molar-refractivity contribution < 1.29 is 67.3 Å². The Labute approximate surface area is 404 Å². The van der Waals surface area contributed by atoms with E-state index in [0.29, 0.717) is 70.0 Å². The molecule has 4 heterocycles. The molecular formula is C53H81NO14. The zero-order valence-electron chi connectivity index (χ0n) is 42.1. The van der Waals surface area contributed by atoms with Crippen LogP contribution in [0.25, 0.3) is 0 Å². The number of aliphatic hydroxyl groups excluding tert-OH is 1. The number of amides is 1. The van der Waals surface area contributed by atoms with Gasteiger partial charge in [-0.2, -0.15) is 0 Å². The Hall–Kier alpha value is -3.41. The van der Waals surface area contributed by atoms with Crippen molar-refractivity contribution in [1.82, 2.24) is 4.90 Å². The van der Waals surface area contributed by atoms with Crippen LogP contribution in [0.3, 0.4) is 0 Å². The van der Waals surface area contributed by atoms with E-state index in [9.17, 15) is 34.2 Å². The lowest BCUT2D eigenvalue weighted by molar-refractivity contribution is -0.266. The summed E-state index contributed by atoms with van der Waals surface area (Å²) in [6.07, 6.45) is 13.1. The number of fused-ring (bicyclic) bond motifs is 4. The number of hydrogen-bond donors (Lipinski definition) is 2. The van der Waals surface area contributed by atoms with Crippen LogP contribution in [0, 0.1) is 35.5 Å². The number of rotatable bonds is 10. The van der Waals surface area contributed by atoms with Crippen LogP contribution in [-0.2, 0) is 57.1 Å². The summed E-state index contributed by atoms with van der Waals surface area (Å²) in [6.45, 7) is 11.8. The molecule has 0 aromatic carbocycles. The molecule has 382 valence electrons. The third-order valence-electron chi connectivity index (χ3n) is 15.3. The Kier molecular flexibility index (Phi) is 21.4. The van der Waals surface area contributed by atoms with E-state index >= 15 is 0 Å². The summed E-state index contributed by atoms with van der Waals surface area (Å²) >= 11 is 0. The molecule has 1 amide bonds. The number of aliphatic hydroxyl groups is 2. The van der Waals surface area contributed by atoms with E-state index in [1.54, 1.807) is 27.2 Å². The summed E-state index contributed by atoms with van der Waals surface area (Å²) in [4.78, 5) is 72.6. The number of hydrogen-bond acceptors (Lipinski definition) is 14. The van der Waals surface area contributed by atoms with E-state index in [1.165, 1.54) is 12.0 Å². The highest BCUT2D eigenvalue weighted by Crippen LogP contribution is 2.45. The first-order chi connectivity index (χ1) is 32.5. The number of allylic oxidation sites excluding steroid dienone is 6. The molecule has 1 unspecified atom stereocenters. The molecule has 1 saturated carbocycles. The van der Waals surface area contributed by atoms with Gasteiger partial charge in [-0.05, 0) is 107 Å². The third-order valence-corrected chi connectivity index (χ3v) is 15.3. The van der Waals surface area contributed by atoms with Gasteiger partial charge in [-0.25, -0.2) is 4.79 Å². The molecule has 0 radical (unpaired) electrons. The van der Waals surface area contributed by atoms with Gasteiger partial charge in [-0.3, -0.25) is 19.2 Å². The van der Waals surface area contributed by atoms with E-state index in [2.05, 4.69) is 6.92 Å². The highest BCUT2D eigenvalue weighted by Gasteiger charge is 2.57. The Morgan fingerprint density at radius 3 is 2.29 bits per heavy atom. The molecule has 2 N–H and O–H groups in total. The second-order valence-electron chi connectivity index (χ2n) is 20.0. The predicted octanol–water partition coefficient (Wildman–Crippen LogP) is 6.22. The van der Waals surface area contributed by atoms with Crippen molar-refractivity contribution in [3.63, 3.8) is 0 Å². The number of carbonyl (C=O) groups is 5. The van der Waals surface area contributed by atoms with Crippen molar-refractivity contribution in [2.24, 2.45) is 35.5 Å². The van der Waals surface area contributed by atoms with E-state index in [-0.39, 0.29) is 80.0 Å². The fraction of sp³-hybridized carbons (Fsp3) is 0.755. The molecule has 15 heteroatoms. The van der Waals surface area contributed by atoms with Crippen LogP contribution in [0.4, 0.5) is 0 Å². The largest absolute Gasteiger partial charge is 0.460 e. The Balaban J connectivity index is 1.51. The number of methoxy groups -OCH3 is 3. The fourth-order valence-corrected chi connectivity index (χ4v) is 11.4. The van der Waals surface area contributed by atoms with Crippen molar-refractivity contribution in [3.8, 4) is 0 Å². The minimum absolute atomic E-state index is 0.00440. The number of ketones is 3. The molecule has 0 aromatic rings. The van der Waals surface area contributed by atoms with Crippen LogP contribution in [0.1, 0.15) is 119 Å². The number of piperidine rings is 1. The number of esters is 1. The SMILES string of the molecule is CCO[C@@H]1/C(C)=C/CC(=O)C[C@@H]2OC(=O)[C@@H]3C(CCCN3C(=O)C(=O)[C@]3(O)O[C@@H](CC[C@H]3C)C[C@H](OC)/C(C)=C/C=C/C=C/[C@@H](C)C[C@@H](C)C(=O)[C@@H]1OC)[C@@H]2C[C@@H]1CC[C@@H](OCCO)[C@H](OC)C1. The molecule has 15 nitrogen and oxygen atoms in total. The average Bonchev–Trinajstić information content (AvgIpc) is 3.32. The van der Waals surface area contributed by atoms with Gasteiger partial charge in [-0.1, -0.05) is 57.2 Å². The number of ether oxygens (including phenoxy) is 7. The average molecular weight is 956 g/mol. The Morgan fingerprint density at radius 1 is 0.838 bits per heavy atom. The van der Waals surface area contributed by atoms with Crippen LogP contribution < -0.4 is 0 Å². The maximum absolute atomic E-state index is 14.5. The van der Waals surface area contributed by atoms with Gasteiger partial charge in [0.15, 0.2) is 5.78 Å². The van der Waals surface area contributed by atoms with Crippen LogP contribution in [0.2, 0.25) is 0 Å². The Bertz CT molecular complexity index is 1840. The molecular weight excluding hydrogens is 875 g/mol. The lowest BCUT2D eigenvalue weighted by Crippen LogP contribution is -2.65. The number of nitrogens with zero attached hydrogens (tertiary/aromatic N) is 1. The van der Waals surface area contributed by atoms with Gasteiger partial charge >= 0.3 is 5.97 Å². The molecule has 4 aliphatic heterocycles. The Morgan fingerprint density at radius 2 is 1.60 bits per heavy atom. The van der Waals surface area contributed by atoms with Crippen LogP contribution in [-0.4, -0.2) is 147 Å². The lowest BCUT2D eigenvalue weighted by atomic mass is 9.68. The standard InChI is InChI=1S/C53H81NO14/c1-10-65-48-34(4)18-21-38(56)30-44-41(28-37-20-23-42(66-26-25-55)45(29-37)63-8)40-17-14-24-54(46(40)52(60)67-44)51(59)50(58)53(61)36(6)19-22-39(68-53)31-43(62-7)33(3)16-13-11-12-15-32(2)27-35(5)47(57)49(48)64-9/h11-13,15-16,18,32,35-37,39-46,48-49,55,61H,10,14,17,19-31H2,1-9H3/b13-11+,15-12+,33-16+,34-18+/t32-,35-,36-,37+,39+,40?,41+,42-,43+,44+,45-,46+,48-,49+,53-/m1/s1. The van der Waals surface area contributed by atoms with Gasteiger partial charge in [0.1, 0.15) is 30.1 Å². The smallest absolute Gasteiger partial charge is 0.329 e. The number of Topliss-reactive ketones (excluding diaryl/α,β-unsaturated/α-hetero) is 3. The monoisotopic (exact) mass is 956 g/mol. The molecule has 3 saturated heterocycles. The van der Waals surface area contributed by atoms with E-state index in [4.69, 9.17) is 33.2 Å². The van der Waals surface area contributed by atoms with E-state index in [0.717, 1.165) is 12.0 Å². The van der Waals surface area contributed by atoms with Crippen molar-refractivity contribution in [2.75, 3.05) is 47.7 Å². The van der Waals surface area contributed by atoms with Crippen molar-refractivity contribution in [3.05, 3.63) is 47.6 Å². The lowest BCUT2D eigenvalue weighted by Gasteiger charge is -2.50. The quantitative estimate of drug-likeness (QED) is 0.143. The fourth-order valence-electron chi connectivity index (χ4n) is 11.4. The van der Waals surface area contributed by atoms with E-state index < -0.39 is 71.8 Å². The van der Waals surface area contributed by atoms with Crippen LogP contribution in [0.5, 0.6) is 0 Å². The molecule has 1 aliphatic carbocycles. The summed E-state index contributed by atoms with van der Waals surface area (Å²) in [5, 5.41) is 21.5. The van der Waals surface area contributed by atoms with Crippen molar-refractivity contribution in [1.29, 1.82) is 0 Å². The minimum Gasteiger partial charge on any atom is -0.460 e. The molecule has 4 fully saturated rings. The summed E-state index contributed by atoms with van der Waals surface area (Å²) in [6, 6.07) is -1.11. The maximum Gasteiger partial charge on any atom is 0.329 e. The second-order valence-corrected chi connectivity index (χ2v) is 20.0. The van der Waals surface area contributed by atoms with Crippen molar-refractivity contribution in [2.45, 2.75) is 173 Å². The topological polar surface area (TPSA) is 194 Å². The zero-order valence-corrected chi connectivity index (χ0v) is 42.1. The first-order valence-corrected chi connectivity index (χ1v) is 25.1. The molecule has 0 spiro atoms. The van der Waals surface area contributed by atoms with Gasteiger partial charge in [-0.15, -0.1) is 0 Å². The summed E-state index contributed by atoms with van der Waals surface area (Å²) in [5.41, 5.74) is 1.57. The molecule has 5 aliphatic rings. The summed E-state index contributed by atoms with van der Waals surface area (Å²) < 4.78 is 42.1. The molecule has 5 rings (SSSR count). The molecule has 15 atom stereocenters. The van der Waals surface area contributed by atoms with Gasteiger partial charge < -0.3 is 48.3 Å². The van der Waals surface area contributed by atoms with Crippen LogP contribution in [0.15, 0.2) is 47.6 Å². The summed E-state index contributed by atoms with van der Waals surface area (Å²) in [5.74, 6) is -7.19. The van der Waals surface area contributed by atoms with Gasteiger partial charge in [0.2, 0.25) is 5.79 Å². The van der Waals surface area contributed by atoms with Crippen LogP contribution >= 0.6 is 0 Å². The first kappa shape index (κ1) is 55.5. The van der Waals surface area contributed by atoms with Gasteiger partial charge in [0, 0.05) is 71.5 Å². The predicted molar refractivity (Wildman–Crippen MR) is 254 cm³/mol. The van der Waals surface area contributed by atoms with Gasteiger partial charge in [0.25, 0.3) is 11.7 Å². The normalized spacial score (nSPS) is 40.2. The first-order valence-electron chi connectivity index (χ1n) is 25.1. The highest BCUT2D eigenvalue weighted by molar-refractivity contribution is 6.39. The summed E-state index contributed by atoms with van der Waals surface area (Å²) in [7, 11) is 4.72. The van der Waals surface area contributed by atoms with Crippen molar-refractivity contribution >= 4 is 29.2 Å². The highest BCUT2D eigenvalue weighted by atomic mass is 16.6. The molecule has 68 heavy (non-hydrogen) atoms. The maximum atomic E-state index is 14.5. The van der Waals surface area contributed by atoms with E-state index in [1.807, 2.05) is 58.1 Å². The second kappa shape index (κ2) is 26.2. The minimum atomic E-state index is -2.43. The number of carbonyl (C=O) groups excluding carboxylic acids is 5. The molecule has 4 bridgehead atoms. The zero-order chi connectivity index (χ0) is 49.7. The molecule has 0 aromatic heterocycles. The van der Waals surface area contributed by atoms with Gasteiger partial charge in [0.05, 0.1) is 37.6 Å².